The topological polar surface area (TPSA) is 46.2 Å². The molecular formula is C12H23NO2. The van der Waals surface area contributed by atoms with Crippen molar-refractivity contribution in [1.29, 1.82) is 0 Å². The molecule has 0 saturated heterocycles. The lowest BCUT2D eigenvalue weighted by Crippen LogP contribution is -2.31. The molecule has 0 atom stereocenters. The van der Waals surface area contributed by atoms with Crippen molar-refractivity contribution in [3.05, 3.63) is 0 Å². The molecule has 15 heavy (non-hydrogen) atoms. The van der Waals surface area contributed by atoms with Crippen LogP contribution in [0.5, 0.6) is 0 Å². The Kier molecular flexibility index (Phi) is 7.96. The first-order chi connectivity index (χ1) is 7.07. The normalized spacial score (nSPS) is 10.4. The van der Waals surface area contributed by atoms with Gasteiger partial charge < -0.3 is 5.32 Å². The summed E-state index contributed by atoms with van der Waals surface area (Å²) in [5.41, 5.74) is 0. The Labute approximate surface area is 92.6 Å². The highest BCUT2D eigenvalue weighted by Crippen LogP contribution is 2.02. The number of rotatable bonds is 8. The third-order valence-electron chi connectivity index (χ3n) is 2.36. The highest BCUT2D eigenvalue weighted by Gasteiger charge is 2.08. The van der Waals surface area contributed by atoms with Crippen molar-refractivity contribution in [3.8, 4) is 0 Å². The second-order valence-corrected chi connectivity index (χ2v) is 4.21. The Balaban J connectivity index is 3.45. The van der Waals surface area contributed by atoms with E-state index in [1.807, 2.05) is 13.8 Å². The second-order valence-electron chi connectivity index (χ2n) is 4.21. The molecule has 0 heterocycles. The Morgan fingerprint density at radius 2 is 1.80 bits per heavy atom. The molecule has 3 heteroatoms. The maximum absolute atomic E-state index is 11.3. The fourth-order valence-corrected chi connectivity index (χ4v) is 1.19. The van der Waals surface area contributed by atoms with Gasteiger partial charge in [0.2, 0.25) is 5.91 Å². The molecule has 0 radical (unpaired) electrons. The zero-order valence-corrected chi connectivity index (χ0v) is 10.1. The van der Waals surface area contributed by atoms with Crippen LogP contribution in [0, 0.1) is 5.92 Å². The number of ketones is 1. The molecule has 0 aromatic heterocycles. The Morgan fingerprint density at radius 3 is 2.33 bits per heavy atom. The first-order valence-corrected chi connectivity index (χ1v) is 5.87. The quantitative estimate of drug-likeness (QED) is 0.629. The van der Waals surface area contributed by atoms with Gasteiger partial charge in [-0.05, 0) is 6.42 Å². The van der Waals surface area contributed by atoms with E-state index in [0.29, 0.717) is 6.42 Å². The molecule has 0 aromatic carbocycles. The fourth-order valence-electron chi connectivity index (χ4n) is 1.19. The lowest BCUT2D eigenvalue weighted by molar-refractivity contribution is -0.126. The van der Waals surface area contributed by atoms with Gasteiger partial charge in [0, 0.05) is 12.3 Å². The van der Waals surface area contributed by atoms with Gasteiger partial charge in [-0.1, -0.05) is 40.0 Å². The largest absolute Gasteiger partial charge is 0.349 e. The molecule has 0 aromatic rings. The van der Waals surface area contributed by atoms with E-state index in [9.17, 15) is 9.59 Å². The van der Waals surface area contributed by atoms with Crippen LogP contribution >= 0.6 is 0 Å². The molecule has 3 nitrogen and oxygen atoms in total. The summed E-state index contributed by atoms with van der Waals surface area (Å²) in [5, 5.41) is 2.65. The molecule has 1 amide bonds. The first kappa shape index (κ1) is 14.1. The van der Waals surface area contributed by atoms with E-state index in [-0.39, 0.29) is 24.2 Å². The van der Waals surface area contributed by atoms with Crippen molar-refractivity contribution in [2.75, 3.05) is 6.54 Å². The third-order valence-corrected chi connectivity index (χ3v) is 2.36. The van der Waals surface area contributed by atoms with Crippen LogP contribution in [0.4, 0.5) is 0 Å². The smallest absolute Gasteiger partial charge is 0.220 e. The van der Waals surface area contributed by atoms with Crippen LogP contribution in [0.2, 0.25) is 0 Å². The molecule has 0 aliphatic carbocycles. The minimum atomic E-state index is 0.0000954. The molecule has 0 bridgehead atoms. The van der Waals surface area contributed by atoms with Crippen LogP contribution < -0.4 is 5.32 Å². The van der Waals surface area contributed by atoms with Gasteiger partial charge in [0.05, 0.1) is 6.54 Å². The predicted octanol–water partition coefficient (Wildman–Crippen LogP) is 2.30. The molecule has 0 unspecified atom stereocenters. The van der Waals surface area contributed by atoms with E-state index < -0.39 is 0 Å². The minimum Gasteiger partial charge on any atom is -0.349 e. The number of nitrogens with one attached hydrogen (secondary N) is 1. The van der Waals surface area contributed by atoms with Gasteiger partial charge in [0.25, 0.3) is 0 Å². The summed E-state index contributed by atoms with van der Waals surface area (Å²) in [6.45, 7) is 6.01. The maximum atomic E-state index is 11.3. The lowest BCUT2D eigenvalue weighted by atomic mass is 10.1. The van der Waals surface area contributed by atoms with E-state index in [1.165, 1.54) is 12.8 Å². The molecule has 0 aliphatic rings. The number of amides is 1. The molecule has 88 valence electrons. The summed E-state index contributed by atoms with van der Waals surface area (Å²) >= 11 is 0. The number of Topliss-reactive ketones (excluding diaryl/α,β-unsaturated/α-hetero) is 1. The van der Waals surface area contributed by atoms with E-state index >= 15 is 0 Å². The monoisotopic (exact) mass is 213 g/mol. The van der Waals surface area contributed by atoms with Gasteiger partial charge >= 0.3 is 0 Å². The zero-order valence-electron chi connectivity index (χ0n) is 10.1. The summed E-state index contributed by atoms with van der Waals surface area (Å²) in [5.74, 6) is 0.0994. The van der Waals surface area contributed by atoms with Crippen molar-refractivity contribution < 1.29 is 9.59 Å². The Bertz CT molecular complexity index is 200. The van der Waals surface area contributed by atoms with Crippen molar-refractivity contribution >= 4 is 11.7 Å². The van der Waals surface area contributed by atoms with Crippen LogP contribution in [0.1, 0.15) is 52.9 Å². The lowest BCUT2D eigenvalue weighted by Gasteiger charge is -2.06. The van der Waals surface area contributed by atoms with Crippen LogP contribution in [0.3, 0.4) is 0 Å². The van der Waals surface area contributed by atoms with Crippen molar-refractivity contribution in [2.24, 2.45) is 5.92 Å². The average Bonchev–Trinajstić information content (AvgIpc) is 2.20. The van der Waals surface area contributed by atoms with E-state index in [4.69, 9.17) is 0 Å². The van der Waals surface area contributed by atoms with Gasteiger partial charge in [-0.3, -0.25) is 9.59 Å². The SMILES string of the molecule is CCCCCCC(=O)NCC(=O)C(C)C. The summed E-state index contributed by atoms with van der Waals surface area (Å²) in [6, 6.07) is 0. The number of hydrogen-bond acceptors (Lipinski definition) is 2. The summed E-state index contributed by atoms with van der Waals surface area (Å²) in [6.07, 6.45) is 4.93. The number of unbranched alkanes of at least 4 members (excludes halogenated alkanes) is 3. The number of carbonyl (C=O) groups is 2. The first-order valence-electron chi connectivity index (χ1n) is 5.87. The van der Waals surface area contributed by atoms with Crippen molar-refractivity contribution in [2.45, 2.75) is 52.9 Å². The highest BCUT2D eigenvalue weighted by atomic mass is 16.2. The molecule has 0 spiro atoms. The van der Waals surface area contributed by atoms with E-state index in [1.54, 1.807) is 0 Å². The van der Waals surface area contributed by atoms with Crippen LogP contribution in [0.15, 0.2) is 0 Å². The summed E-state index contributed by atoms with van der Waals surface area (Å²) < 4.78 is 0. The van der Waals surface area contributed by atoms with Gasteiger partial charge in [0.15, 0.2) is 5.78 Å². The Morgan fingerprint density at radius 1 is 1.13 bits per heavy atom. The number of hydrogen-bond donors (Lipinski definition) is 1. The maximum Gasteiger partial charge on any atom is 0.220 e. The molecule has 0 saturated carbocycles. The Hall–Kier alpha value is -0.860. The van der Waals surface area contributed by atoms with Gasteiger partial charge in [0.1, 0.15) is 0 Å². The summed E-state index contributed by atoms with van der Waals surface area (Å²) in [4.78, 5) is 22.5. The average molecular weight is 213 g/mol. The van der Waals surface area contributed by atoms with Gasteiger partial charge in [-0.25, -0.2) is 0 Å². The van der Waals surface area contributed by atoms with Crippen LogP contribution in [-0.2, 0) is 9.59 Å². The van der Waals surface area contributed by atoms with Crippen molar-refractivity contribution in [1.82, 2.24) is 5.32 Å². The molecule has 0 rings (SSSR count). The highest BCUT2D eigenvalue weighted by molar-refractivity contribution is 5.87. The van der Waals surface area contributed by atoms with Gasteiger partial charge in [-0.15, -0.1) is 0 Å². The van der Waals surface area contributed by atoms with Crippen molar-refractivity contribution in [3.63, 3.8) is 0 Å². The van der Waals surface area contributed by atoms with E-state index in [2.05, 4.69) is 12.2 Å². The third kappa shape index (κ3) is 8.16. The molecule has 1 N–H and O–H groups in total. The number of carbonyl (C=O) groups excluding carboxylic acids is 2. The summed E-state index contributed by atoms with van der Waals surface area (Å²) in [7, 11) is 0. The second kappa shape index (κ2) is 8.45. The minimum absolute atomic E-state index is 0.0000954. The zero-order chi connectivity index (χ0) is 11.7. The molecular weight excluding hydrogens is 190 g/mol. The van der Waals surface area contributed by atoms with Gasteiger partial charge in [-0.2, -0.15) is 0 Å². The molecule has 0 aliphatic heterocycles. The van der Waals surface area contributed by atoms with Crippen LogP contribution in [-0.4, -0.2) is 18.2 Å². The standard InChI is InChI=1S/C12H23NO2/c1-4-5-6-7-8-12(15)13-9-11(14)10(2)3/h10H,4-9H2,1-3H3,(H,13,15). The van der Waals surface area contributed by atoms with Crippen LogP contribution in [0.25, 0.3) is 0 Å². The molecule has 0 fully saturated rings. The van der Waals surface area contributed by atoms with E-state index in [0.717, 1.165) is 12.8 Å². The fraction of sp³-hybridized carbons (Fsp3) is 0.833. The predicted molar refractivity (Wildman–Crippen MR) is 61.6 cm³/mol.